The van der Waals surface area contributed by atoms with Gasteiger partial charge in [0.2, 0.25) is 5.91 Å². The Balaban J connectivity index is 1.57. The molecule has 0 N–H and O–H groups in total. The molecular formula is C24H19N3O5. The van der Waals surface area contributed by atoms with Gasteiger partial charge >= 0.3 is 0 Å². The number of nitro benzene ring substituents is 1. The summed E-state index contributed by atoms with van der Waals surface area (Å²) in [6, 6.07) is 22.1. The second-order valence-corrected chi connectivity index (χ2v) is 7.86. The number of carbonyl (C=O) groups excluding carboxylic acids is 2. The van der Waals surface area contributed by atoms with Crippen LogP contribution in [0.3, 0.4) is 0 Å². The Labute approximate surface area is 183 Å². The third-order valence-corrected chi connectivity index (χ3v) is 5.84. The number of fused-ring (bicyclic) bond motifs is 1. The number of nitro groups is 1. The van der Waals surface area contributed by atoms with E-state index in [0.29, 0.717) is 0 Å². The summed E-state index contributed by atoms with van der Waals surface area (Å²) in [5, 5.41) is 12.8. The standard InChI is InChI=1S/C24H19N3O5/c1-15-10-12-16(13-11-15)21-20-22(32-26(21)17-6-3-2-4-7-17)24(29)25(23(20)28)18-8-5-9-19(14-18)27(30)31/h2-14,20-22H,1H3/t20-,21-,22-/m0/s1. The third kappa shape index (κ3) is 3.12. The topological polar surface area (TPSA) is 93.0 Å². The van der Waals surface area contributed by atoms with E-state index in [9.17, 15) is 19.7 Å². The summed E-state index contributed by atoms with van der Waals surface area (Å²) >= 11 is 0. The number of non-ortho nitro benzene ring substituents is 1. The second-order valence-electron chi connectivity index (χ2n) is 7.86. The zero-order chi connectivity index (χ0) is 22.4. The van der Waals surface area contributed by atoms with Crippen molar-refractivity contribution in [3.8, 4) is 0 Å². The highest BCUT2D eigenvalue weighted by Crippen LogP contribution is 2.47. The van der Waals surface area contributed by atoms with Crippen molar-refractivity contribution in [2.75, 3.05) is 9.96 Å². The van der Waals surface area contributed by atoms with E-state index < -0.39 is 34.8 Å². The molecule has 2 aliphatic rings. The van der Waals surface area contributed by atoms with Gasteiger partial charge in [-0.3, -0.25) is 24.5 Å². The fourth-order valence-electron chi connectivity index (χ4n) is 4.32. The van der Waals surface area contributed by atoms with Gasteiger partial charge in [-0.2, -0.15) is 0 Å². The van der Waals surface area contributed by atoms with Crippen LogP contribution in [0.2, 0.25) is 0 Å². The van der Waals surface area contributed by atoms with E-state index in [4.69, 9.17) is 4.84 Å². The average molecular weight is 429 g/mol. The molecule has 3 aromatic rings. The number of imide groups is 1. The summed E-state index contributed by atoms with van der Waals surface area (Å²) in [4.78, 5) is 44.5. The van der Waals surface area contributed by atoms with Crippen molar-refractivity contribution in [3.63, 3.8) is 0 Å². The molecule has 0 aliphatic carbocycles. The number of hydrogen-bond donors (Lipinski definition) is 0. The SMILES string of the molecule is Cc1ccc([C@H]2[C@@H]3C(=O)N(c4cccc([N+](=O)[O-])c4)C(=O)[C@H]3ON2c2ccccc2)cc1. The van der Waals surface area contributed by atoms with E-state index in [2.05, 4.69) is 0 Å². The molecule has 2 amide bonds. The summed E-state index contributed by atoms with van der Waals surface area (Å²) in [6.07, 6.45) is -1.02. The van der Waals surface area contributed by atoms with Crippen molar-refractivity contribution in [2.24, 2.45) is 5.92 Å². The van der Waals surface area contributed by atoms with Crippen LogP contribution in [0.5, 0.6) is 0 Å². The number of benzene rings is 3. The van der Waals surface area contributed by atoms with Crippen LogP contribution in [0.4, 0.5) is 17.1 Å². The lowest BCUT2D eigenvalue weighted by Crippen LogP contribution is -2.37. The molecule has 32 heavy (non-hydrogen) atoms. The molecule has 0 bridgehead atoms. The highest BCUT2D eigenvalue weighted by molar-refractivity contribution is 6.24. The van der Waals surface area contributed by atoms with Crippen LogP contribution in [0.25, 0.3) is 0 Å². The molecule has 0 aromatic heterocycles. The van der Waals surface area contributed by atoms with Crippen LogP contribution in [0.15, 0.2) is 78.9 Å². The maximum Gasteiger partial charge on any atom is 0.271 e. The van der Waals surface area contributed by atoms with Crippen molar-refractivity contribution in [1.82, 2.24) is 0 Å². The van der Waals surface area contributed by atoms with Crippen molar-refractivity contribution in [2.45, 2.75) is 19.1 Å². The molecule has 160 valence electrons. The lowest BCUT2D eigenvalue weighted by atomic mass is 9.90. The zero-order valence-electron chi connectivity index (χ0n) is 17.1. The van der Waals surface area contributed by atoms with Gasteiger partial charge in [0.05, 0.1) is 22.3 Å². The molecule has 3 aromatic carbocycles. The summed E-state index contributed by atoms with van der Waals surface area (Å²) < 4.78 is 0. The first-order valence-electron chi connectivity index (χ1n) is 10.2. The van der Waals surface area contributed by atoms with Gasteiger partial charge in [-0.25, -0.2) is 9.96 Å². The van der Waals surface area contributed by atoms with E-state index in [-0.39, 0.29) is 11.4 Å². The van der Waals surface area contributed by atoms with E-state index in [1.54, 1.807) is 5.06 Å². The van der Waals surface area contributed by atoms with Gasteiger partial charge in [-0.1, -0.05) is 54.1 Å². The number of hydrogen-bond acceptors (Lipinski definition) is 6. The first kappa shape index (κ1) is 19.9. The maximum atomic E-state index is 13.5. The number of nitrogens with zero attached hydrogens (tertiary/aromatic N) is 3. The Kier molecular flexibility index (Phi) is 4.71. The smallest absolute Gasteiger partial charge is 0.271 e. The Morgan fingerprint density at radius 1 is 0.875 bits per heavy atom. The molecule has 8 heteroatoms. The lowest BCUT2D eigenvalue weighted by molar-refractivity contribution is -0.384. The first-order valence-corrected chi connectivity index (χ1v) is 10.2. The van der Waals surface area contributed by atoms with Gasteiger partial charge < -0.3 is 0 Å². The number of rotatable bonds is 4. The normalized spacial score (nSPS) is 22.3. The van der Waals surface area contributed by atoms with Crippen LogP contribution in [-0.2, 0) is 14.4 Å². The van der Waals surface area contributed by atoms with E-state index in [1.165, 1.54) is 24.3 Å². The molecule has 2 saturated heterocycles. The largest absolute Gasteiger partial charge is 0.273 e. The van der Waals surface area contributed by atoms with Crippen LogP contribution in [0, 0.1) is 23.0 Å². The minimum Gasteiger partial charge on any atom is -0.273 e. The Morgan fingerprint density at radius 3 is 2.25 bits per heavy atom. The van der Waals surface area contributed by atoms with Gasteiger partial charge in [0.25, 0.3) is 11.6 Å². The van der Waals surface area contributed by atoms with Gasteiger partial charge in [0.1, 0.15) is 5.92 Å². The number of aryl methyl sites for hydroxylation is 1. The molecule has 2 heterocycles. The highest BCUT2D eigenvalue weighted by Gasteiger charge is 2.60. The van der Waals surface area contributed by atoms with Crippen molar-refractivity contribution < 1.29 is 19.3 Å². The van der Waals surface area contributed by atoms with Crippen LogP contribution < -0.4 is 9.96 Å². The Hall–Kier alpha value is -4.04. The molecule has 0 unspecified atom stereocenters. The van der Waals surface area contributed by atoms with Gasteiger partial charge in [0.15, 0.2) is 6.10 Å². The minimum atomic E-state index is -1.02. The zero-order valence-corrected chi connectivity index (χ0v) is 17.1. The number of hydroxylamine groups is 1. The second kappa shape index (κ2) is 7.58. The molecular weight excluding hydrogens is 410 g/mol. The lowest BCUT2D eigenvalue weighted by Gasteiger charge is -2.28. The fourth-order valence-corrected chi connectivity index (χ4v) is 4.32. The number of amides is 2. The molecule has 2 fully saturated rings. The molecule has 3 atom stereocenters. The summed E-state index contributed by atoms with van der Waals surface area (Å²) in [5.74, 6) is -1.76. The number of para-hydroxylation sites is 1. The average Bonchev–Trinajstić information content (AvgIpc) is 3.31. The molecule has 0 saturated carbocycles. The Bertz CT molecular complexity index is 1210. The fraction of sp³-hybridized carbons (Fsp3) is 0.167. The monoisotopic (exact) mass is 429 g/mol. The van der Waals surface area contributed by atoms with Gasteiger partial charge in [-0.05, 0) is 30.7 Å². The summed E-state index contributed by atoms with van der Waals surface area (Å²) in [7, 11) is 0. The first-order chi connectivity index (χ1) is 15.5. The van der Waals surface area contributed by atoms with Crippen molar-refractivity contribution in [1.29, 1.82) is 0 Å². The van der Waals surface area contributed by atoms with Crippen LogP contribution >= 0.6 is 0 Å². The van der Waals surface area contributed by atoms with E-state index >= 15 is 0 Å². The van der Waals surface area contributed by atoms with E-state index in [0.717, 1.165) is 21.7 Å². The quantitative estimate of drug-likeness (QED) is 0.354. The van der Waals surface area contributed by atoms with E-state index in [1.807, 2.05) is 61.5 Å². The van der Waals surface area contributed by atoms with Gasteiger partial charge in [0, 0.05) is 12.1 Å². The third-order valence-electron chi connectivity index (χ3n) is 5.84. The van der Waals surface area contributed by atoms with Crippen molar-refractivity contribution in [3.05, 3.63) is 100 Å². The summed E-state index contributed by atoms with van der Waals surface area (Å²) in [5.41, 5.74) is 2.62. The molecule has 2 aliphatic heterocycles. The van der Waals surface area contributed by atoms with Crippen LogP contribution in [-0.4, -0.2) is 22.8 Å². The van der Waals surface area contributed by atoms with Crippen molar-refractivity contribution >= 4 is 28.9 Å². The minimum absolute atomic E-state index is 0.168. The molecule has 0 spiro atoms. The summed E-state index contributed by atoms with van der Waals surface area (Å²) in [6.45, 7) is 1.97. The maximum absolute atomic E-state index is 13.5. The Morgan fingerprint density at radius 2 is 1.56 bits per heavy atom. The van der Waals surface area contributed by atoms with Gasteiger partial charge in [-0.15, -0.1) is 0 Å². The highest BCUT2D eigenvalue weighted by atomic mass is 16.7. The predicted octanol–water partition coefficient (Wildman–Crippen LogP) is 3.95. The molecule has 8 nitrogen and oxygen atoms in total. The number of anilines is 2. The number of carbonyl (C=O) groups is 2. The molecule has 0 radical (unpaired) electrons. The predicted molar refractivity (Wildman–Crippen MR) is 117 cm³/mol. The van der Waals surface area contributed by atoms with Crippen LogP contribution in [0.1, 0.15) is 17.2 Å². The molecule has 5 rings (SSSR count).